The zero-order chi connectivity index (χ0) is 21.5. The molecule has 0 unspecified atom stereocenters. The van der Waals surface area contributed by atoms with Crippen molar-refractivity contribution in [2.24, 2.45) is 0 Å². The molecule has 2 N–H and O–H groups in total. The molecule has 3 rings (SSSR count). The number of aromatic amines is 1. The van der Waals surface area contributed by atoms with Crippen LogP contribution in [0.1, 0.15) is 52.4 Å². The highest BCUT2D eigenvalue weighted by molar-refractivity contribution is 5.83. The smallest absolute Gasteiger partial charge is 0.349 e. The predicted molar refractivity (Wildman–Crippen MR) is 119 cm³/mol. The van der Waals surface area contributed by atoms with Gasteiger partial charge in [-0.05, 0) is 43.9 Å². The highest BCUT2D eigenvalue weighted by atomic mass is 16.3. The molecule has 162 valence electrons. The summed E-state index contributed by atoms with van der Waals surface area (Å²) in [5, 5.41) is 9.00. The van der Waals surface area contributed by atoms with Crippen LogP contribution in [0.5, 0.6) is 0 Å². The van der Waals surface area contributed by atoms with Crippen LogP contribution in [0.15, 0.2) is 27.8 Å². The standard InChI is InChI=1S/C22H31N5O3/c1-3-11-26(12-4-2)16-9-10-17-18(15-16)27(13-7-5-6-8-14-28)20-19(23-17)21(29)25-22(30)24-20/h9-10,15,28H,3-8,11-14H2,1-2H3,(H,25,29,30). The van der Waals surface area contributed by atoms with Gasteiger partial charge in [0, 0.05) is 31.9 Å². The Morgan fingerprint density at radius 2 is 1.77 bits per heavy atom. The first-order valence-electron chi connectivity index (χ1n) is 10.9. The highest BCUT2D eigenvalue weighted by Gasteiger charge is 2.19. The van der Waals surface area contributed by atoms with E-state index in [0.717, 1.165) is 62.8 Å². The van der Waals surface area contributed by atoms with E-state index in [1.807, 2.05) is 16.7 Å². The highest BCUT2D eigenvalue weighted by Crippen LogP contribution is 2.26. The largest absolute Gasteiger partial charge is 0.396 e. The molecule has 0 saturated heterocycles. The van der Waals surface area contributed by atoms with E-state index in [1.54, 1.807) is 0 Å². The molecule has 0 bridgehead atoms. The van der Waals surface area contributed by atoms with Gasteiger partial charge in [-0.2, -0.15) is 4.98 Å². The van der Waals surface area contributed by atoms with Crippen LogP contribution in [-0.4, -0.2) is 44.3 Å². The van der Waals surface area contributed by atoms with Crippen LogP contribution in [0.4, 0.5) is 5.69 Å². The molecule has 0 aliphatic carbocycles. The Morgan fingerprint density at radius 3 is 2.47 bits per heavy atom. The molecule has 0 spiro atoms. The van der Waals surface area contributed by atoms with Gasteiger partial charge < -0.3 is 14.6 Å². The van der Waals surface area contributed by atoms with Gasteiger partial charge in [-0.3, -0.25) is 9.78 Å². The van der Waals surface area contributed by atoms with Gasteiger partial charge in [-0.15, -0.1) is 0 Å². The van der Waals surface area contributed by atoms with Gasteiger partial charge in [0.15, 0.2) is 11.5 Å². The SMILES string of the molecule is CCCN(CCC)c1ccc2nc3c(=O)[nH]c(=O)nc-3n(CCCCCCO)c2c1. The van der Waals surface area contributed by atoms with Crippen LogP contribution in [0.3, 0.4) is 0 Å². The Kier molecular flexibility index (Phi) is 7.57. The number of H-pyrrole nitrogens is 1. The maximum Gasteiger partial charge on any atom is 0.349 e. The van der Waals surface area contributed by atoms with Gasteiger partial charge in [0.25, 0.3) is 5.56 Å². The minimum absolute atomic E-state index is 0.184. The molecule has 0 atom stereocenters. The molecule has 8 heteroatoms. The molecule has 1 aromatic carbocycles. The van der Waals surface area contributed by atoms with Crippen molar-refractivity contribution in [3.8, 4) is 11.5 Å². The second-order valence-electron chi connectivity index (χ2n) is 7.60. The lowest BCUT2D eigenvalue weighted by molar-refractivity contribution is 0.282. The number of aliphatic hydroxyl groups is 1. The van der Waals surface area contributed by atoms with Crippen molar-refractivity contribution in [1.29, 1.82) is 0 Å². The van der Waals surface area contributed by atoms with Gasteiger partial charge in [0.05, 0.1) is 11.0 Å². The molecule has 2 aliphatic heterocycles. The fourth-order valence-corrected chi connectivity index (χ4v) is 3.85. The van der Waals surface area contributed by atoms with Crippen molar-refractivity contribution >= 4 is 16.7 Å². The first kappa shape index (κ1) is 22.0. The van der Waals surface area contributed by atoms with E-state index in [4.69, 9.17) is 5.11 Å². The third-order valence-electron chi connectivity index (χ3n) is 5.23. The first-order valence-corrected chi connectivity index (χ1v) is 10.9. The summed E-state index contributed by atoms with van der Waals surface area (Å²) in [5.41, 5.74) is 1.70. The molecule has 1 aromatic rings. The van der Waals surface area contributed by atoms with Gasteiger partial charge in [0.1, 0.15) is 0 Å². The van der Waals surface area contributed by atoms with E-state index in [2.05, 4.69) is 39.8 Å². The molecule has 0 amide bonds. The van der Waals surface area contributed by atoms with Crippen molar-refractivity contribution in [2.45, 2.75) is 58.9 Å². The monoisotopic (exact) mass is 413 g/mol. The topological polar surface area (TPSA) is 104 Å². The number of nitrogens with zero attached hydrogens (tertiary/aromatic N) is 4. The van der Waals surface area contributed by atoms with Gasteiger partial charge in [0.2, 0.25) is 0 Å². The lowest BCUT2D eigenvalue weighted by Crippen LogP contribution is -2.29. The maximum atomic E-state index is 12.3. The number of hydrogen-bond donors (Lipinski definition) is 2. The van der Waals surface area contributed by atoms with Crippen molar-refractivity contribution in [1.82, 2.24) is 19.5 Å². The van der Waals surface area contributed by atoms with Crippen LogP contribution < -0.4 is 16.1 Å². The van der Waals surface area contributed by atoms with Crippen LogP contribution in [0.25, 0.3) is 22.6 Å². The number of unbranched alkanes of at least 4 members (excludes halogenated alkanes) is 3. The molecule has 2 heterocycles. The maximum absolute atomic E-state index is 12.3. The number of aliphatic hydroxyl groups excluding tert-OH is 1. The van der Waals surface area contributed by atoms with Crippen LogP contribution in [-0.2, 0) is 6.54 Å². The lowest BCUT2D eigenvalue weighted by atomic mass is 10.1. The minimum atomic E-state index is -0.655. The Balaban J connectivity index is 2.12. The Bertz CT molecular complexity index is 1050. The molecule has 2 aliphatic rings. The van der Waals surface area contributed by atoms with Crippen molar-refractivity contribution in [3.63, 3.8) is 0 Å². The number of nitrogens with one attached hydrogen (secondary N) is 1. The van der Waals surface area contributed by atoms with E-state index in [-0.39, 0.29) is 12.3 Å². The zero-order valence-electron chi connectivity index (χ0n) is 17.9. The summed E-state index contributed by atoms with van der Waals surface area (Å²) < 4.78 is 1.95. The number of anilines is 1. The number of hydrogen-bond acceptors (Lipinski definition) is 6. The summed E-state index contributed by atoms with van der Waals surface area (Å²) >= 11 is 0. The van der Waals surface area contributed by atoms with Crippen LogP contribution in [0.2, 0.25) is 0 Å². The number of aryl methyl sites for hydroxylation is 1. The number of benzene rings is 1. The van der Waals surface area contributed by atoms with Crippen LogP contribution in [0, 0.1) is 0 Å². The van der Waals surface area contributed by atoms with Crippen molar-refractivity contribution in [2.75, 3.05) is 24.6 Å². The number of fused-ring (bicyclic) bond motifs is 2. The average molecular weight is 414 g/mol. The summed E-state index contributed by atoms with van der Waals surface area (Å²) in [7, 11) is 0. The molecule has 0 saturated carbocycles. The predicted octanol–water partition coefficient (Wildman–Crippen LogP) is 2.76. The van der Waals surface area contributed by atoms with Crippen molar-refractivity contribution < 1.29 is 5.11 Å². The number of aromatic nitrogens is 4. The van der Waals surface area contributed by atoms with E-state index in [0.29, 0.717) is 17.9 Å². The summed E-state index contributed by atoms with van der Waals surface area (Å²) in [6.45, 7) is 7.07. The summed E-state index contributed by atoms with van der Waals surface area (Å²) in [6, 6.07) is 6.07. The molecule has 0 aromatic heterocycles. The second kappa shape index (κ2) is 10.3. The van der Waals surface area contributed by atoms with Gasteiger partial charge >= 0.3 is 5.69 Å². The molecule has 0 radical (unpaired) electrons. The minimum Gasteiger partial charge on any atom is -0.396 e. The van der Waals surface area contributed by atoms with E-state index < -0.39 is 11.2 Å². The zero-order valence-corrected chi connectivity index (χ0v) is 17.9. The van der Waals surface area contributed by atoms with Crippen LogP contribution >= 0.6 is 0 Å². The first-order chi connectivity index (χ1) is 14.6. The van der Waals surface area contributed by atoms with Gasteiger partial charge in [-0.25, -0.2) is 9.78 Å². The normalized spacial score (nSPS) is 11.4. The average Bonchev–Trinajstić information content (AvgIpc) is 2.73. The molecular weight excluding hydrogens is 382 g/mol. The number of rotatable bonds is 11. The fraction of sp³-hybridized carbons (Fsp3) is 0.545. The Morgan fingerprint density at radius 1 is 1.03 bits per heavy atom. The van der Waals surface area contributed by atoms with E-state index >= 15 is 0 Å². The summed E-state index contributed by atoms with van der Waals surface area (Å²) in [4.78, 5) is 37.4. The third kappa shape index (κ3) is 4.87. The second-order valence-corrected chi connectivity index (χ2v) is 7.60. The summed E-state index contributed by atoms with van der Waals surface area (Å²) in [6.07, 6.45) is 5.62. The van der Waals surface area contributed by atoms with E-state index in [1.165, 1.54) is 0 Å². The molecule has 0 fully saturated rings. The molecule has 8 nitrogen and oxygen atoms in total. The van der Waals surface area contributed by atoms with E-state index in [9.17, 15) is 9.59 Å². The molecular formula is C22H31N5O3. The van der Waals surface area contributed by atoms with Crippen molar-refractivity contribution in [3.05, 3.63) is 39.0 Å². The quantitative estimate of drug-likeness (QED) is 0.370. The fourth-order valence-electron chi connectivity index (χ4n) is 3.85. The van der Waals surface area contributed by atoms with Gasteiger partial charge in [-0.1, -0.05) is 26.7 Å². The third-order valence-corrected chi connectivity index (χ3v) is 5.23. The molecule has 30 heavy (non-hydrogen) atoms. The summed E-state index contributed by atoms with van der Waals surface area (Å²) in [5.74, 6) is 0.327. The Hall–Kier alpha value is -2.74. The Labute approximate surface area is 175 Å². The lowest BCUT2D eigenvalue weighted by Gasteiger charge is -2.25.